The van der Waals surface area contributed by atoms with Crippen molar-refractivity contribution in [2.24, 2.45) is 11.8 Å². The Morgan fingerprint density at radius 2 is 1.84 bits per heavy atom. The van der Waals surface area contributed by atoms with E-state index >= 15 is 0 Å². The number of benzene rings is 1. The zero-order valence-corrected chi connectivity index (χ0v) is 24.5. The molecule has 6 atom stereocenters. The van der Waals surface area contributed by atoms with Crippen molar-refractivity contribution in [2.75, 3.05) is 42.6 Å². The second-order valence-electron chi connectivity index (χ2n) is 10.2. The summed E-state index contributed by atoms with van der Waals surface area (Å²) in [6.07, 6.45) is 4.23. The first-order valence-corrected chi connectivity index (χ1v) is 15.3. The number of fused-ring (bicyclic) bond motifs is 1. The van der Waals surface area contributed by atoms with Crippen molar-refractivity contribution in [1.29, 1.82) is 0 Å². The maximum Gasteiger partial charge on any atom is 0.308 e. The lowest BCUT2D eigenvalue weighted by Gasteiger charge is -2.37. The van der Waals surface area contributed by atoms with Gasteiger partial charge in [-0.1, -0.05) is 22.0 Å². The van der Waals surface area contributed by atoms with Crippen LogP contribution in [0.2, 0.25) is 0 Å². The van der Waals surface area contributed by atoms with Gasteiger partial charge in [0.15, 0.2) is 0 Å². The molecule has 3 saturated heterocycles. The molecule has 2 N–H and O–H groups in total. The molecule has 8 nitrogen and oxygen atoms in total. The Bertz CT molecular complexity index is 1050. The highest BCUT2D eigenvalue weighted by Gasteiger charge is 2.76. The van der Waals surface area contributed by atoms with Gasteiger partial charge >= 0.3 is 5.97 Å². The molecule has 0 aliphatic carbocycles. The van der Waals surface area contributed by atoms with Crippen molar-refractivity contribution >= 4 is 56.9 Å². The molecule has 0 radical (unpaired) electrons. The van der Waals surface area contributed by atoms with E-state index in [2.05, 4.69) is 41.3 Å². The van der Waals surface area contributed by atoms with Gasteiger partial charge in [-0.05, 0) is 63.8 Å². The number of aliphatic hydroxyl groups excluding tert-OH is 1. The van der Waals surface area contributed by atoms with Gasteiger partial charge < -0.3 is 24.9 Å². The highest BCUT2D eigenvalue weighted by Crippen LogP contribution is 2.67. The molecule has 3 aliphatic rings. The van der Waals surface area contributed by atoms with E-state index in [1.165, 1.54) is 11.8 Å². The van der Waals surface area contributed by atoms with Crippen LogP contribution in [0, 0.1) is 11.8 Å². The number of carbonyl (C=O) groups excluding carboxylic acids is 2. The van der Waals surface area contributed by atoms with Gasteiger partial charge in [0, 0.05) is 54.2 Å². The van der Waals surface area contributed by atoms with E-state index < -0.39 is 28.6 Å². The summed E-state index contributed by atoms with van der Waals surface area (Å²) in [6, 6.07) is 7.10. The number of alkyl halides is 1. The number of amides is 2. The number of nitrogens with zero attached hydrogens (tertiary/aromatic N) is 3. The van der Waals surface area contributed by atoms with Gasteiger partial charge in [0.2, 0.25) is 5.91 Å². The number of carboxylic acids is 1. The number of aliphatic hydroxyl groups is 1. The number of carbonyl (C=O) groups is 3. The van der Waals surface area contributed by atoms with Gasteiger partial charge in [-0.15, -0.1) is 18.3 Å². The molecule has 4 rings (SSSR count). The Morgan fingerprint density at radius 1 is 1.18 bits per heavy atom. The first kappa shape index (κ1) is 29.0. The molecule has 3 aliphatic heterocycles. The first-order valence-electron chi connectivity index (χ1n) is 13.5. The Labute approximate surface area is 237 Å². The topological polar surface area (TPSA) is 101 Å². The van der Waals surface area contributed by atoms with Gasteiger partial charge in [0.05, 0.1) is 16.6 Å². The third-order valence-corrected chi connectivity index (χ3v) is 11.5. The fourth-order valence-electron chi connectivity index (χ4n) is 6.53. The second-order valence-corrected chi connectivity index (χ2v) is 13.0. The van der Waals surface area contributed by atoms with Crippen LogP contribution in [0.25, 0.3) is 0 Å². The first-order chi connectivity index (χ1) is 18.2. The van der Waals surface area contributed by atoms with Crippen LogP contribution >= 0.6 is 27.7 Å². The van der Waals surface area contributed by atoms with E-state index in [-0.39, 0.29) is 35.0 Å². The number of aliphatic carboxylic acids is 1. The van der Waals surface area contributed by atoms with Gasteiger partial charge in [0.1, 0.15) is 6.04 Å². The summed E-state index contributed by atoms with van der Waals surface area (Å²) in [5, 5.41) is 19.1. The summed E-state index contributed by atoms with van der Waals surface area (Å²) in [4.78, 5) is 46.2. The summed E-state index contributed by atoms with van der Waals surface area (Å²) in [5.41, 5.74) is 1.79. The quantitative estimate of drug-likeness (QED) is 0.200. The van der Waals surface area contributed by atoms with E-state index in [4.69, 9.17) is 0 Å². The van der Waals surface area contributed by atoms with E-state index in [1.54, 1.807) is 15.9 Å². The number of halogens is 1. The summed E-state index contributed by atoms with van der Waals surface area (Å²) in [6.45, 7) is 10.5. The molecule has 3 unspecified atom stereocenters. The number of carboxylic acid groups (broad SMARTS) is 1. The summed E-state index contributed by atoms with van der Waals surface area (Å²) >= 11 is 5.20. The molecule has 38 heavy (non-hydrogen) atoms. The summed E-state index contributed by atoms with van der Waals surface area (Å²) in [7, 11) is 0. The van der Waals surface area contributed by atoms with Gasteiger partial charge in [-0.3, -0.25) is 14.4 Å². The molecule has 1 aromatic carbocycles. The molecule has 2 bridgehead atoms. The van der Waals surface area contributed by atoms with Crippen LogP contribution in [0.15, 0.2) is 36.9 Å². The lowest BCUT2D eigenvalue weighted by Crippen LogP contribution is -2.55. The third-order valence-electron chi connectivity index (χ3n) is 8.23. The SMILES string of the molecule is C=CCN(C(=O)C1N(CCCCCO)C(=O)[C@@H]2[C@@H](C(=O)O)[C@@H]3SC12CC3Br)c1ccc(N(CC)CC)cc1. The predicted molar refractivity (Wildman–Crippen MR) is 155 cm³/mol. The minimum absolute atomic E-state index is 0.0728. The standard InChI is InChI=1S/C28H38BrN3O5S/c1-4-14-31(19-12-10-18(11-13-19)30(5-2)6-3)26(35)24-28-17-20(29)23(38-28)21(27(36)37)22(28)25(34)32(24)15-8-7-9-16-33/h4,10-13,20-24,33H,1,5-9,14-17H2,2-3H3,(H,36,37)/t20?,21-,22+,23-,24?,28?/m1/s1. The van der Waals surface area contributed by atoms with Gasteiger partial charge in [-0.25, -0.2) is 0 Å². The molecule has 1 aromatic rings. The normalized spacial score (nSPS) is 29.4. The Kier molecular flexibility index (Phi) is 9.15. The molecular formula is C28H38BrN3O5S. The molecule has 10 heteroatoms. The van der Waals surface area contributed by atoms with Crippen LogP contribution in [-0.4, -0.2) is 86.5 Å². The van der Waals surface area contributed by atoms with Crippen LogP contribution < -0.4 is 9.80 Å². The Hall–Kier alpha value is -2.04. The molecule has 208 valence electrons. The second kappa shape index (κ2) is 12.0. The van der Waals surface area contributed by atoms with E-state index in [0.717, 1.165) is 30.9 Å². The lowest BCUT2D eigenvalue weighted by atomic mass is 9.71. The number of hydrogen-bond donors (Lipinski definition) is 2. The number of anilines is 2. The van der Waals surface area contributed by atoms with Crippen molar-refractivity contribution < 1.29 is 24.6 Å². The highest BCUT2D eigenvalue weighted by atomic mass is 79.9. The molecule has 1 spiro atoms. The minimum atomic E-state index is -0.977. The third kappa shape index (κ3) is 4.88. The van der Waals surface area contributed by atoms with E-state index in [1.807, 2.05) is 24.3 Å². The maximum absolute atomic E-state index is 14.5. The van der Waals surface area contributed by atoms with Crippen molar-refractivity contribution in [2.45, 2.75) is 60.4 Å². The monoisotopic (exact) mass is 607 g/mol. The van der Waals surface area contributed by atoms with Crippen molar-refractivity contribution in [1.82, 2.24) is 4.90 Å². The number of rotatable bonds is 13. The number of likely N-dealkylation sites (tertiary alicyclic amines) is 1. The lowest BCUT2D eigenvalue weighted by molar-refractivity contribution is -0.148. The zero-order chi connectivity index (χ0) is 27.6. The van der Waals surface area contributed by atoms with Crippen LogP contribution in [-0.2, 0) is 14.4 Å². The average Bonchev–Trinajstić information content (AvgIpc) is 3.49. The number of hydrogen-bond acceptors (Lipinski definition) is 6. The molecule has 3 fully saturated rings. The van der Waals surface area contributed by atoms with Crippen molar-refractivity contribution in [3.8, 4) is 0 Å². The molecular weight excluding hydrogens is 570 g/mol. The average molecular weight is 609 g/mol. The minimum Gasteiger partial charge on any atom is -0.481 e. The largest absolute Gasteiger partial charge is 0.481 e. The molecule has 0 saturated carbocycles. The van der Waals surface area contributed by atoms with Crippen LogP contribution in [0.5, 0.6) is 0 Å². The van der Waals surface area contributed by atoms with Crippen LogP contribution in [0.3, 0.4) is 0 Å². The summed E-state index contributed by atoms with van der Waals surface area (Å²) in [5.74, 6) is -2.96. The molecule has 3 heterocycles. The van der Waals surface area contributed by atoms with Crippen molar-refractivity contribution in [3.05, 3.63) is 36.9 Å². The van der Waals surface area contributed by atoms with E-state index in [9.17, 15) is 24.6 Å². The van der Waals surface area contributed by atoms with E-state index in [0.29, 0.717) is 25.8 Å². The molecule has 2 amide bonds. The predicted octanol–water partition coefficient (Wildman–Crippen LogP) is 3.76. The summed E-state index contributed by atoms with van der Waals surface area (Å²) < 4.78 is -0.798. The van der Waals surface area contributed by atoms with Gasteiger partial charge in [0.25, 0.3) is 5.91 Å². The fraction of sp³-hybridized carbons (Fsp3) is 0.607. The van der Waals surface area contributed by atoms with Crippen molar-refractivity contribution in [3.63, 3.8) is 0 Å². The number of unbranched alkanes of at least 4 members (excludes halogenated alkanes) is 2. The zero-order valence-electron chi connectivity index (χ0n) is 22.1. The molecule has 0 aromatic heterocycles. The maximum atomic E-state index is 14.5. The number of thioether (sulfide) groups is 1. The smallest absolute Gasteiger partial charge is 0.308 e. The van der Waals surface area contributed by atoms with Gasteiger partial charge in [-0.2, -0.15) is 0 Å². The Balaban J connectivity index is 1.72. The Morgan fingerprint density at radius 3 is 2.42 bits per heavy atom. The highest BCUT2D eigenvalue weighted by molar-refractivity contribution is 9.09. The van der Waals surface area contributed by atoms with Crippen LogP contribution in [0.4, 0.5) is 11.4 Å². The van der Waals surface area contributed by atoms with Crippen LogP contribution in [0.1, 0.15) is 39.5 Å². The fourth-order valence-corrected chi connectivity index (χ4v) is 10.1.